The van der Waals surface area contributed by atoms with Crippen molar-refractivity contribution >= 4 is 11.4 Å². The fraction of sp³-hybridized carbons (Fsp3) is 0.222. The van der Waals surface area contributed by atoms with Crippen LogP contribution >= 0.6 is 0 Å². The first-order valence-electron chi connectivity index (χ1n) is 8.16. The number of hydrogen-bond acceptors (Lipinski definition) is 5. The van der Waals surface area contributed by atoms with E-state index in [0.717, 1.165) is 24.1 Å². The molecule has 25 heavy (non-hydrogen) atoms. The molecule has 1 aliphatic carbocycles. The third-order valence-corrected chi connectivity index (χ3v) is 3.18. The normalized spacial score (nSPS) is 14.4. The van der Waals surface area contributed by atoms with Gasteiger partial charge in [-0.25, -0.2) is 9.97 Å². The second-order valence-electron chi connectivity index (χ2n) is 4.80. The minimum atomic E-state index is 0.223. The summed E-state index contributed by atoms with van der Waals surface area (Å²) in [7, 11) is 0. The van der Waals surface area contributed by atoms with Gasteiger partial charge in [-0.1, -0.05) is 26.0 Å². The quantitative estimate of drug-likeness (QED) is 0.398. The van der Waals surface area contributed by atoms with Gasteiger partial charge in [-0.05, 0) is 47.9 Å². The Balaban J connectivity index is 0.00000109. The first-order chi connectivity index (χ1) is 12.3. The van der Waals surface area contributed by atoms with Crippen LogP contribution in [0.4, 0.5) is 0 Å². The van der Waals surface area contributed by atoms with Crippen molar-refractivity contribution in [1.82, 2.24) is 15.0 Å². The number of nitrogens with zero attached hydrogens (tertiary/aromatic N) is 6. The largest absolute Gasteiger partial charge is 0.380 e. The zero-order chi connectivity index (χ0) is 17.9. The van der Waals surface area contributed by atoms with Crippen LogP contribution in [0, 0.1) is 0 Å². The van der Waals surface area contributed by atoms with E-state index in [9.17, 15) is 0 Å². The molecule has 7 heteroatoms. The highest BCUT2D eigenvalue weighted by molar-refractivity contribution is 5.95. The van der Waals surface area contributed by atoms with E-state index < -0.39 is 0 Å². The van der Waals surface area contributed by atoms with Crippen LogP contribution in [0.5, 0.6) is 0 Å². The smallest absolute Gasteiger partial charge is 0.173 e. The van der Waals surface area contributed by atoms with Gasteiger partial charge < -0.3 is 5.73 Å². The van der Waals surface area contributed by atoms with Crippen LogP contribution in [0.3, 0.4) is 0 Å². The van der Waals surface area contributed by atoms with Gasteiger partial charge in [0, 0.05) is 18.6 Å². The van der Waals surface area contributed by atoms with E-state index in [2.05, 4.69) is 30.4 Å². The minimum absolute atomic E-state index is 0.223. The van der Waals surface area contributed by atoms with Gasteiger partial charge in [0.05, 0.1) is 5.70 Å². The number of hydrogen-bond donors (Lipinski definition) is 1. The fourth-order valence-electron chi connectivity index (χ4n) is 2.08. The predicted molar refractivity (Wildman–Crippen MR) is 98.5 cm³/mol. The highest BCUT2D eigenvalue weighted by Gasteiger charge is 2.09. The van der Waals surface area contributed by atoms with Crippen LogP contribution < -0.4 is 5.73 Å². The van der Waals surface area contributed by atoms with E-state index >= 15 is 0 Å². The molecule has 0 amide bonds. The molecule has 0 bridgehead atoms. The summed E-state index contributed by atoms with van der Waals surface area (Å²) in [6.07, 6.45) is 10.7. The van der Waals surface area contributed by atoms with Crippen molar-refractivity contribution in [3.63, 3.8) is 0 Å². The van der Waals surface area contributed by atoms with Gasteiger partial charge in [0.2, 0.25) is 0 Å². The molecule has 0 radical (unpaired) electrons. The second kappa shape index (κ2) is 9.82. The van der Waals surface area contributed by atoms with Crippen LogP contribution in [0.2, 0.25) is 0 Å². The van der Waals surface area contributed by atoms with E-state index in [1.807, 2.05) is 38.1 Å². The summed E-state index contributed by atoms with van der Waals surface area (Å²) in [5.74, 6) is 0.936. The molecule has 1 aliphatic rings. The Hall–Kier alpha value is -3.22. The molecule has 2 aromatic rings. The monoisotopic (exact) mass is 335 g/mol. The van der Waals surface area contributed by atoms with E-state index in [0.29, 0.717) is 11.5 Å². The Labute approximate surface area is 147 Å². The predicted octanol–water partition coefficient (Wildman–Crippen LogP) is 3.73. The summed E-state index contributed by atoms with van der Waals surface area (Å²) in [5.41, 5.74) is 8.13. The van der Waals surface area contributed by atoms with Crippen molar-refractivity contribution in [3.8, 4) is 0 Å². The van der Waals surface area contributed by atoms with E-state index in [-0.39, 0.29) is 5.84 Å². The van der Waals surface area contributed by atoms with Gasteiger partial charge in [0.25, 0.3) is 0 Å². The molecule has 7 nitrogen and oxygen atoms in total. The molecule has 0 atom stereocenters. The zero-order valence-corrected chi connectivity index (χ0v) is 14.4. The van der Waals surface area contributed by atoms with Gasteiger partial charge >= 0.3 is 0 Å². The molecule has 0 fully saturated rings. The maximum Gasteiger partial charge on any atom is 0.173 e. The Morgan fingerprint density at radius 2 is 1.80 bits per heavy atom. The summed E-state index contributed by atoms with van der Waals surface area (Å²) in [6, 6.07) is 7.20. The van der Waals surface area contributed by atoms with Crippen molar-refractivity contribution in [2.24, 2.45) is 21.2 Å². The van der Waals surface area contributed by atoms with Crippen molar-refractivity contribution in [1.29, 1.82) is 0 Å². The first-order valence-corrected chi connectivity index (χ1v) is 8.16. The molecule has 0 saturated carbocycles. The first kappa shape index (κ1) is 18.1. The second-order valence-corrected chi connectivity index (χ2v) is 4.80. The van der Waals surface area contributed by atoms with E-state index in [4.69, 9.17) is 5.73 Å². The highest BCUT2D eigenvalue weighted by atomic mass is 15.4. The Morgan fingerprint density at radius 3 is 2.52 bits per heavy atom. The SMILES string of the molecule is CC.N/C(=N\N=NC1=CCCC(c2ncccn2)=C1)c1ccccn1. The van der Waals surface area contributed by atoms with E-state index in [1.165, 1.54) is 0 Å². The minimum Gasteiger partial charge on any atom is -0.380 e. The van der Waals surface area contributed by atoms with Crippen LogP contribution in [0.25, 0.3) is 5.57 Å². The van der Waals surface area contributed by atoms with E-state index in [1.54, 1.807) is 30.7 Å². The molecular weight excluding hydrogens is 314 g/mol. The number of amidine groups is 1. The Kier molecular flexibility index (Phi) is 7.12. The van der Waals surface area contributed by atoms with Crippen molar-refractivity contribution < 1.29 is 0 Å². The van der Waals surface area contributed by atoms with Crippen molar-refractivity contribution in [3.05, 3.63) is 72.2 Å². The van der Waals surface area contributed by atoms with Crippen molar-refractivity contribution in [2.75, 3.05) is 0 Å². The van der Waals surface area contributed by atoms with Crippen LogP contribution in [-0.4, -0.2) is 20.8 Å². The molecule has 0 unspecified atom stereocenters. The summed E-state index contributed by atoms with van der Waals surface area (Å²) >= 11 is 0. The Bertz CT molecular complexity index is 778. The molecular formula is C18H21N7. The molecule has 3 rings (SSSR count). The maximum absolute atomic E-state index is 5.81. The van der Waals surface area contributed by atoms with Gasteiger partial charge in [0.15, 0.2) is 11.7 Å². The highest BCUT2D eigenvalue weighted by Crippen LogP contribution is 2.24. The summed E-state index contributed by atoms with van der Waals surface area (Å²) in [5, 5.41) is 11.8. The molecule has 0 saturated heterocycles. The molecule has 0 aliphatic heterocycles. The lowest BCUT2D eigenvalue weighted by atomic mass is 10.0. The lowest BCUT2D eigenvalue weighted by Crippen LogP contribution is -2.13. The average molecular weight is 335 g/mol. The molecule has 2 heterocycles. The van der Waals surface area contributed by atoms with Crippen LogP contribution in [0.1, 0.15) is 38.2 Å². The molecule has 0 spiro atoms. The lowest BCUT2D eigenvalue weighted by Gasteiger charge is -2.08. The third-order valence-electron chi connectivity index (χ3n) is 3.18. The van der Waals surface area contributed by atoms with Gasteiger partial charge in [-0.3, -0.25) is 4.98 Å². The third kappa shape index (κ3) is 5.42. The lowest BCUT2D eigenvalue weighted by molar-refractivity contribution is 0.953. The number of rotatable bonds is 4. The molecule has 0 aromatic carbocycles. The van der Waals surface area contributed by atoms with Gasteiger partial charge in [0.1, 0.15) is 5.69 Å². The summed E-state index contributed by atoms with van der Waals surface area (Å²) in [6.45, 7) is 4.00. The standard InChI is InChI=1S/C16H15N7.C2H6/c17-15(14-7-1-2-8-18-14)22-23-21-13-6-3-5-12(11-13)16-19-9-4-10-20-16;1-2/h1-2,4,6-11H,3,5H2,(H2,17,21,22);1-2H3. The van der Waals surface area contributed by atoms with Gasteiger partial charge in [-0.2, -0.15) is 0 Å². The zero-order valence-electron chi connectivity index (χ0n) is 14.4. The number of allylic oxidation sites excluding steroid dienone is 3. The van der Waals surface area contributed by atoms with Gasteiger partial charge in [-0.15, -0.1) is 10.2 Å². The fourth-order valence-corrected chi connectivity index (χ4v) is 2.08. The molecule has 128 valence electrons. The van der Waals surface area contributed by atoms with Crippen molar-refractivity contribution in [2.45, 2.75) is 26.7 Å². The van der Waals surface area contributed by atoms with Crippen LogP contribution in [-0.2, 0) is 0 Å². The number of nitrogens with two attached hydrogens (primary N) is 1. The average Bonchev–Trinajstić information content (AvgIpc) is 2.71. The summed E-state index contributed by atoms with van der Waals surface area (Å²) in [4.78, 5) is 12.6. The van der Waals surface area contributed by atoms with Crippen LogP contribution in [0.15, 0.2) is 76.1 Å². The number of pyridine rings is 1. The Morgan fingerprint density at radius 1 is 1.04 bits per heavy atom. The maximum atomic E-state index is 5.81. The summed E-state index contributed by atoms with van der Waals surface area (Å²) < 4.78 is 0. The molecule has 2 aromatic heterocycles. The molecule has 2 N–H and O–H groups in total. The topological polar surface area (TPSA) is 102 Å². The number of aromatic nitrogens is 3.